The van der Waals surface area contributed by atoms with Crippen molar-refractivity contribution in [1.82, 2.24) is 9.45 Å². The number of nitrogens with two attached hydrogens (primary N) is 1. The summed E-state index contributed by atoms with van der Waals surface area (Å²) < 4.78 is 37.8. The Morgan fingerprint density at radius 3 is 2.34 bits per heavy atom. The topological polar surface area (TPSA) is 110 Å². The van der Waals surface area contributed by atoms with Crippen LogP contribution in [0.2, 0.25) is 0 Å². The SMILES string of the molecule is CS(=O)(=O)N(CCCCCCCCN=C(N)Nc1ccncc1)OCc1ccc(F)cc1. The van der Waals surface area contributed by atoms with Gasteiger partial charge in [-0.2, -0.15) is 0 Å². The molecule has 3 N–H and O–H groups in total. The lowest BCUT2D eigenvalue weighted by molar-refractivity contribution is -0.0962. The smallest absolute Gasteiger partial charge is 0.233 e. The van der Waals surface area contributed by atoms with Crippen LogP contribution in [0.5, 0.6) is 0 Å². The second-order valence-electron chi connectivity index (χ2n) is 7.44. The summed E-state index contributed by atoms with van der Waals surface area (Å²) in [7, 11) is -3.48. The fourth-order valence-electron chi connectivity index (χ4n) is 2.94. The molecule has 0 spiro atoms. The van der Waals surface area contributed by atoms with Gasteiger partial charge in [0.2, 0.25) is 10.0 Å². The third-order valence-corrected chi connectivity index (χ3v) is 5.67. The molecule has 0 radical (unpaired) electrons. The van der Waals surface area contributed by atoms with Gasteiger partial charge in [0, 0.05) is 31.2 Å². The molecular weight excluding hydrogens is 433 g/mol. The Labute approximate surface area is 189 Å². The molecule has 0 amide bonds. The molecule has 32 heavy (non-hydrogen) atoms. The number of unbranched alkanes of at least 4 members (excludes halogenated alkanes) is 5. The minimum atomic E-state index is -3.48. The molecule has 0 unspecified atom stereocenters. The number of nitrogens with one attached hydrogen (secondary N) is 1. The molecule has 1 heterocycles. The molecule has 0 aliphatic rings. The van der Waals surface area contributed by atoms with Crippen molar-refractivity contribution in [3.05, 3.63) is 60.2 Å². The number of pyridine rings is 1. The van der Waals surface area contributed by atoms with Crippen LogP contribution >= 0.6 is 0 Å². The summed E-state index contributed by atoms with van der Waals surface area (Å²) in [5.74, 6) is 0.0447. The summed E-state index contributed by atoms with van der Waals surface area (Å²) in [5, 5.41) is 3.01. The van der Waals surface area contributed by atoms with Crippen LogP contribution in [0.25, 0.3) is 0 Å². The van der Waals surface area contributed by atoms with Crippen molar-refractivity contribution >= 4 is 21.7 Å². The molecule has 1 aromatic heterocycles. The van der Waals surface area contributed by atoms with Gasteiger partial charge in [-0.1, -0.05) is 42.3 Å². The molecule has 0 atom stereocenters. The van der Waals surface area contributed by atoms with E-state index in [0.29, 0.717) is 31.0 Å². The third-order valence-electron chi connectivity index (χ3n) is 4.64. The molecule has 10 heteroatoms. The highest BCUT2D eigenvalue weighted by Gasteiger charge is 2.17. The van der Waals surface area contributed by atoms with Crippen molar-refractivity contribution in [3.8, 4) is 0 Å². The average molecular weight is 466 g/mol. The molecule has 0 saturated heterocycles. The van der Waals surface area contributed by atoms with Crippen LogP contribution in [0.15, 0.2) is 53.8 Å². The fourth-order valence-corrected chi connectivity index (χ4v) is 3.64. The van der Waals surface area contributed by atoms with Crippen molar-refractivity contribution in [2.45, 2.75) is 45.1 Å². The maximum absolute atomic E-state index is 13.0. The van der Waals surface area contributed by atoms with Gasteiger partial charge >= 0.3 is 0 Å². The molecule has 0 saturated carbocycles. The van der Waals surface area contributed by atoms with Crippen molar-refractivity contribution in [2.75, 3.05) is 24.7 Å². The predicted molar refractivity (Wildman–Crippen MR) is 125 cm³/mol. The van der Waals surface area contributed by atoms with E-state index in [0.717, 1.165) is 48.5 Å². The van der Waals surface area contributed by atoms with E-state index in [9.17, 15) is 12.8 Å². The standard InChI is InChI=1S/C22H32FN5O3S/c1-32(29,30)28(31-18-19-8-10-20(23)11-9-19)17-7-5-3-2-4-6-14-26-22(24)27-21-12-15-25-16-13-21/h8-13,15-16H,2-7,14,17-18H2,1H3,(H3,24,25,26,27). The lowest BCUT2D eigenvalue weighted by Crippen LogP contribution is -2.31. The van der Waals surface area contributed by atoms with Gasteiger partial charge < -0.3 is 11.1 Å². The van der Waals surface area contributed by atoms with Gasteiger partial charge in [0.1, 0.15) is 5.82 Å². The maximum atomic E-state index is 13.0. The average Bonchev–Trinajstić information content (AvgIpc) is 2.75. The number of rotatable bonds is 14. The van der Waals surface area contributed by atoms with Gasteiger partial charge in [0.25, 0.3) is 0 Å². The summed E-state index contributed by atoms with van der Waals surface area (Å²) >= 11 is 0. The van der Waals surface area contributed by atoms with Gasteiger partial charge in [-0.25, -0.2) is 12.8 Å². The summed E-state index contributed by atoms with van der Waals surface area (Å²) in [6.45, 7) is 1.03. The first-order valence-electron chi connectivity index (χ1n) is 10.7. The Balaban J connectivity index is 1.56. The second-order valence-corrected chi connectivity index (χ2v) is 9.31. The molecule has 0 fully saturated rings. The minimum absolute atomic E-state index is 0.0764. The Bertz CT molecular complexity index is 924. The number of benzene rings is 1. The normalized spacial score (nSPS) is 12.3. The zero-order valence-electron chi connectivity index (χ0n) is 18.4. The van der Waals surface area contributed by atoms with E-state index < -0.39 is 10.0 Å². The number of aliphatic imine (C=N–C) groups is 1. The highest BCUT2D eigenvalue weighted by Crippen LogP contribution is 2.11. The van der Waals surface area contributed by atoms with E-state index in [2.05, 4.69) is 15.3 Å². The Morgan fingerprint density at radius 1 is 1.06 bits per heavy atom. The number of guanidine groups is 1. The number of anilines is 1. The first-order valence-corrected chi connectivity index (χ1v) is 12.5. The summed E-state index contributed by atoms with van der Waals surface area (Å²) in [6.07, 6.45) is 10.1. The van der Waals surface area contributed by atoms with Crippen molar-refractivity contribution in [1.29, 1.82) is 0 Å². The van der Waals surface area contributed by atoms with Crippen LogP contribution in [0, 0.1) is 5.82 Å². The lowest BCUT2D eigenvalue weighted by Gasteiger charge is -2.19. The van der Waals surface area contributed by atoms with Crippen molar-refractivity contribution in [2.24, 2.45) is 10.7 Å². The van der Waals surface area contributed by atoms with E-state index in [-0.39, 0.29) is 12.4 Å². The quantitative estimate of drug-likeness (QED) is 0.191. The highest BCUT2D eigenvalue weighted by atomic mass is 32.2. The van der Waals surface area contributed by atoms with Crippen LogP contribution in [0.4, 0.5) is 10.1 Å². The van der Waals surface area contributed by atoms with Crippen molar-refractivity contribution < 1.29 is 17.6 Å². The molecule has 8 nitrogen and oxygen atoms in total. The molecule has 2 rings (SSSR count). The van der Waals surface area contributed by atoms with Gasteiger partial charge in [-0.15, -0.1) is 0 Å². The fraction of sp³-hybridized carbons (Fsp3) is 0.455. The highest BCUT2D eigenvalue weighted by molar-refractivity contribution is 7.88. The van der Waals surface area contributed by atoms with Gasteiger partial charge in [0.05, 0.1) is 12.9 Å². The third kappa shape index (κ3) is 10.7. The van der Waals surface area contributed by atoms with Crippen LogP contribution < -0.4 is 11.1 Å². The van der Waals surface area contributed by atoms with E-state index in [4.69, 9.17) is 10.6 Å². The van der Waals surface area contributed by atoms with E-state index in [1.165, 1.54) is 12.1 Å². The Morgan fingerprint density at radius 2 is 1.69 bits per heavy atom. The zero-order chi connectivity index (χ0) is 23.2. The number of sulfonamides is 1. The number of hydrogen-bond acceptors (Lipinski definition) is 5. The number of hydroxylamine groups is 1. The number of nitrogens with zero attached hydrogens (tertiary/aromatic N) is 3. The zero-order valence-corrected chi connectivity index (χ0v) is 19.2. The first kappa shape index (κ1) is 25.7. The molecule has 0 bridgehead atoms. The molecular formula is C22H32FN5O3S. The van der Waals surface area contributed by atoms with E-state index >= 15 is 0 Å². The first-order chi connectivity index (χ1) is 15.3. The Kier molecular flexibility index (Phi) is 11.1. The second kappa shape index (κ2) is 13.8. The molecule has 1 aromatic carbocycles. The van der Waals surface area contributed by atoms with Gasteiger partial charge in [0.15, 0.2) is 5.96 Å². The lowest BCUT2D eigenvalue weighted by atomic mass is 10.1. The molecule has 176 valence electrons. The molecule has 0 aliphatic heterocycles. The number of hydrogen-bond donors (Lipinski definition) is 2. The van der Waals surface area contributed by atoms with Crippen molar-refractivity contribution in [3.63, 3.8) is 0 Å². The summed E-state index contributed by atoms with van der Waals surface area (Å²) in [4.78, 5) is 13.7. The van der Waals surface area contributed by atoms with Crippen LogP contribution in [0.1, 0.15) is 44.1 Å². The van der Waals surface area contributed by atoms with Crippen LogP contribution in [-0.2, 0) is 21.5 Å². The number of halogens is 1. The monoisotopic (exact) mass is 465 g/mol. The van der Waals surface area contributed by atoms with Crippen LogP contribution in [-0.4, -0.2) is 43.2 Å². The largest absolute Gasteiger partial charge is 0.370 e. The Hall–Kier alpha value is -2.56. The molecule has 2 aromatic rings. The summed E-state index contributed by atoms with van der Waals surface area (Å²) in [6, 6.07) is 9.43. The van der Waals surface area contributed by atoms with Gasteiger partial charge in [-0.3, -0.25) is 14.8 Å². The summed E-state index contributed by atoms with van der Waals surface area (Å²) in [5.41, 5.74) is 7.41. The molecule has 0 aliphatic carbocycles. The maximum Gasteiger partial charge on any atom is 0.233 e. The van der Waals surface area contributed by atoms with Gasteiger partial charge in [-0.05, 0) is 42.7 Å². The van der Waals surface area contributed by atoms with E-state index in [1.807, 2.05) is 12.1 Å². The van der Waals surface area contributed by atoms with Crippen LogP contribution in [0.3, 0.4) is 0 Å². The van der Waals surface area contributed by atoms with E-state index in [1.54, 1.807) is 24.5 Å². The predicted octanol–water partition coefficient (Wildman–Crippen LogP) is 3.68. The number of aromatic nitrogens is 1. The minimum Gasteiger partial charge on any atom is -0.370 e.